The van der Waals surface area contributed by atoms with E-state index in [0.29, 0.717) is 5.69 Å². The summed E-state index contributed by atoms with van der Waals surface area (Å²) in [5.41, 5.74) is 4.61. The van der Waals surface area contributed by atoms with Crippen LogP contribution < -0.4 is 10.2 Å². The second-order valence-corrected chi connectivity index (χ2v) is 6.13. The van der Waals surface area contributed by atoms with E-state index in [-0.39, 0.29) is 18.2 Å². The third-order valence-electron chi connectivity index (χ3n) is 4.11. The van der Waals surface area contributed by atoms with Gasteiger partial charge >= 0.3 is 0 Å². The van der Waals surface area contributed by atoms with E-state index in [0.717, 1.165) is 22.4 Å². The third kappa shape index (κ3) is 2.97. The second kappa shape index (κ2) is 5.88. The fraction of sp³-hybridized carbons (Fsp3) is 0.263. The van der Waals surface area contributed by atoms with Gasteiger partial charge in [-0.05, 0) is 55.7 Å². The summed E-state index contributed by atoms with van der Waals surface area (Å²) < 4.78 is 0. The predicted octanol–water partition coefficient (Wildman–Crippen LogP) is 3.36. The first kappa shape index (κ1) is 15.3. The first-order valence-corrected chi connectivity index (χ1v) is 7.73. The number of anilines is 2. The Hall–Kier alpha value is -2.62. The number of nitrogens with one attached hydrogen (secondary N) is 1. The predicted molar refractivity (Wildman–Crippen MR) is 91.6 cm³/mol. The summed E-state index contributed by atoms with van der Waals surface area (Å²) in [6.45, 7) is 5.86. The maximum absolute atomic E-state index is 12.7. The zero-order valence-corrected chi connectivity index (χ0v) is 13.6. The fourth-order valence-corrected chi connectivity index (χ4v) is 2.89. The molecule has 0 spiro atoms. The van der Waals surface area contributed by atoms with E-state index >= 15 is 0 Å². The second-order valence-electron chi connectivity index (χ2n) is 6.13. The van der Waals surface area contributed by atoms with Crippen molar-refractivity contribution in [2.75, 3.05) is 10.2 Å². The van der Waals surface area contributed by atoms with Crippen molar-refractivity contribution in [3.63, 3.8) is 0 Å². The van der Waals surface area contributed by atoms with Crippen LogP contribution in [0.15, 0.2) is 42.5 Å². The van der Waals surface area contributed by atoms with E-state index in [9.17, 15) is 9.59 Å². The number of benzene rings is 2. The standard InChI is InChI=1S/C19H20N2O2/c1-12-5-4-6-15(9-12)20-16-11-18(22)21(19(16)23)17-10-13(2)7-8-14(17)3/h4-10,16,20H,11H2,1-3H3. The van der Waals surface area contributed by atoms with E-state index in [1.807, 2.05) is 63.2 Å². The monoisotopic (exact) mass is 308 g/mol. The summed E-state index contributed by atoms with van der Waals surface area (Å²) in [7, 11) is 0. The summed E-state index contributed by atoms with van der Waals surface area (Å²) in [6, 6.07) is 13.1. The minimum Gasteiger partial charge on any atom is -0.373 e. The van der Waals surface area contributed by atoms with Crippen molar-refractivity contribution < 1.29 is 9.59 Å². The van der Waals surface area contributed by atoms with E-state index in [1.165, 1.54) is 4.90 Å². The molecular weight excluding hydrogens is 288 g/mol. The van der Waals surface area contributed by atoms with Gasteiger partial charge in [0.15, 0.2) is 0 Å². The molecule has 0 bridgehead atoms. The van der Waals surface area contributed by atoms with Crippen molar-refractivity contribution in [3.05, 3.63) is 59.2 Å². The van der Waals surface area contributed by atoms with Gasteiger partial charge in [0.1, 0.15) is 6.04 Å². The molecule has 3 rings (SSSR count). The zero-order valence-electron chi connectivity index (χ0n) is 13.6. The molecule has 1 unspecified atom stereocenters. The number of carbonyl (C=O) groups excluding carboxylic acids is 2. The largest absolute Gasteiger partial charge is 0.373 e. The Bertz CT molecular complexity index is 783. The summed E-state index contributed by atoms with van der Waals surface area (Å²) in [5, 5.41) is 3.18. The molecule has 1 N–H and O–H groups in total. The summed E-state index contributed by atoms with van der Waals surface area (Å²) >= 11 is 0. The van der Waals surface area contributed by atoms with Crippen molar-refractivity contribution in [2.45, 2.75) is 33.2 Å². The first-order chi connectivity index (χ1) is 11.0. The molecule has 4 heteroatoms. The quantitative estimate of drug-likeness (QED) is 0.885. The van der Waals surface area contributed by atoms with Crippen LogP contribution in [-0.2, 0) is 9.59 Å². The topological polar surface area (TPSA) is 49.4 Å². The highest BCUT2D eigenvalue weighted by Gasteiger charge is 2.40. The maximum atomic E-state index is 12.7. The van der Waals surface area contributed by atoms with Crippen LogP contribution >= 0.6 is 0 Å². The number of imide groups is 1. The lowest BCUT2D eigenvalue weighted by Gasteiger charge is -2.18. The molecule has 0 aromatic heterocycles. The van der Waals surface area contributed by atoms with Gasteiger partial charge < -0.3 is 5.32 Å². The molecule has 1 saturated heterocycles. The number of carbonyl (C=O) groups is 2. The molecule has 4 nitrogen and oxygen atoms in total. The zero-order chi connectivity index (χ0) is 16.6. The van der Waals surface area contributed by atoms with Gasteiger partial charge in [-0.1, -0.05) is 24.3 Å². The van der Waals surface area contributed by atoms with E-state index in [4.69, 9.17) is 0 Å². The highest BCUT2D eigenvalue weighted by molar-refractivity contribution is 6.23. The lowest BCUT2D eigenvalue weighted by atomic mass is 10.1. The lowest BCUT2D eigenvalue weighted by Crippen LogP contribution is -2.35. The van der Waals surface area contributed by atoms with Gasteiger partial charge in [-0.3, -0.25) is 9.59 Å². The molecule has 0 aliphatic carbocycles. The smallest absolute Gasteiger partial charge is 0.256 e. The average Bonchev–Trinajstić information content (AvgIpc) is 2.76. The Morgan fingerprint density at radius 2 is 1.74 bits per heavy atom. The van der Waals surface area contributed by atoms with Crippen LogP contribution in [0, 0.1) is 20.8 Å². The third-order valence-corrected chi connectivity index (χ3v) is 4.11. The van der Waals surface area contributed by atoms with Gasteiger partial charge in [0.25, 0.3) is 5.91 Å². The molecule has 1 heterocycles. The van der Waals surface area contributed by atoms with Crippen molar-refractivity contribution in [3.8, 4) is 0 Å². The summed E-state index contributed by atoms with van der Waals surface area (Å²) in [4.78, 5) is 26.4. The van der Waals surface area contributed by atoms with Gasteiger partial charge in [-0.25, -0.2) is 4.90 Å². The van der Waals surface area contributed by atoms with E-state index < -0.39 is 6.04 Å². The highest BCUT2D eigenvalue weighted by atomic mass is 16.2. The van der Waals surface area contributed by atoms with Gasteiger partial charge in [-0.15, -0.1) is 0 Å². The summed E-state index contributed by atoms with van der Waals surface area (Å²) in [6.07, 6.45) is 0.181. The molecule has 0 saturated carbocycles. The minimum absolute atomic E-state index is 0.158. The molecule has 2 amide bonds. The molecule has 0 radical (unpaired) electrons. The van der Waals surface area contributed by atoms with Gasteiger partial charge in [-0.2, -0.15) is 0 Å². The highest BCUT2D eigenvalue weighted by Crippen LogP contribution is 2.28. The Kier molecular flexibility index (Phi) is 3.90. The van der Waals surface area contributed by atoms with Gasteiger partial charge in [0.05, 0.1) is 12.1 Å². The van der Waals surface area contributed by atoms with Crippen LogP contribution in [0.4, 0.5) is 11.4 Å². The van der Waals surface area contributed by atoms with E-state index in [2.05, 4.69) is 5.32 Å². The molecule has 118 valence electrons. The normalized spacial score (nSPS) is 17.7. The van der Waals surface area contributed by atoms with Crippen LogP contribution in [0.5, 0.6) is 0 Å². The van der Waals surface area contributed by atoms with Crippen LogP contribution in [0.2, 0.25) is 0 Å². The van der Waals surface area contributed by atoms with Crippen molar-refractivity contribution >= 4 is 23.2 Å². The van der Waals surface area contributed by atoms with Crippen molar-refractivity contribution in [1.82, 2.24) is 0 Å². The molecule has 1 atom stereocenters. The Morgan fingerprint density at radius 1 is 1.00 bits per heavy atom. The first-order valence-electron chi connectivity index (χ1n) is 7.73. The maximum Gasteiger partial charge on any atom is 0.256 e. The molecule has 2 aromatic rings. The Labute approximate surface area is 136 Å². The number of hydrogen-bond acceptors (Lipinski definition) is 3. The van der Waals surface area contributed by atoms with Gasteiger partial charge in [0, 0.05) is 5.69 Å². The molecule has 1 aliphatic rings. The fourth-order valence-electron chi connectivity index (χ4n) is 2.89. The minimum atomic E-state index is -0.510. The number of aryl methyl sites for hydroxylation is 3. The Morgan fingerprint density at radius 3 is 2.48 bits per heavy atom. The molecule has 1 fully saturated rings. The number of nitrogens with zero attached hydrogens (tertiary/aromatic N) is 1. The molecule has 23 heavy (non-hydrogen) atoms. The molecule has 1 aliphatic heterocycles. The van der Waals surface area contributed by atoms with Gasteiger partial charge in [0.2, 0.25) is 5.91 Å². The van der Waals surface area contributed by atoms with Crippen molar-refractivity contribution in [1.29, 1.82) is 0 Å². The van der Waals surface area contributed by atoms with Crippen LogP contribution in [-0.4, -0.2) is 17.9 Å². The lowest BCUT2D eigenvalue weighted by molar-refractivity contribution is -0.121. The number of amides is 2. The molecule has 2 aromatic carbocycles. The van der Waals surface area contributed by atoms with Crippen LogP contribution in [0.25, 0.3) is 0 Å². The summed E-state index contributed by atoms with van der Waals surface area (Å²) in [5.74, 6) is -0.348. The Balaban J connectivity index is 1.87. The number of rotatable bonds is 3. The van der Waals surface area contributed by atoms with Crippen LogP contribution in [0.1, 0.15) is 23.1 Å². The van der Waals surface area contributed by atoms with Crippen molar-refractivity contribution in [2.24, 2.45) is 0 Å². The van der Waals surface area contributed by atoms with Crippen LogP contribution in [0.3, 0.4) is 0 Å². The average molecular weight is 308 g/mol. The number of hydrogen-bond donors (Lipinski definition) is 1. The molecular formula is C19H20N2O2. The SMILES string of the molecule is Cc1cccc(NC2CC(=O)N(c3cc(C)ccc3C)C2=O)c1. The van der Waals surface area contributed by atoms with E-state index in [1.54, 1.807) is 0 Å².